The number of amides is 1. The molecule has 1 amide bonds. The van der Waals surface area contributed by atoms with Crippen molar-refractivity contribution < 1.29 is 4.79 Å². The molecule has 1 N–H and O–H groups in total. The first-order valence-electron chi connectivity index (χ1n) is 7.50. The van der Waals surface area contributed by atoms with Gasteiger partial charge < -0.3 is 10.2 Å². The molecule has 0 spiro atoms. The summed E-state index contributed by atoms with van der Waals surface area (Å²) in [5.74, 6) is 0.386. The van der Waals surface area contributed by atoms with Crippen LogP contribution in [0.25, 0.3) is 0 Å². The van der Waals surface area contributed by atoms with Gasteiger partial charge in [-0.05, 0) is 36.8 Å². The molecule has 1 heterocycles. The largest absolute Gasteiger partial charge is 0.358 e. The zero-order valence-corrected chi connectivity index (χ0v) is 13.3. The highest BCUT2D eigenvalue weighted by atomic mass is 16.1. The highest BCUT2D eigenvalue weighted by molar-refractivity contribution is 6.02. The summed E-state index contributed by atoms with van der Waals surface area (Å²) in [6.07, 6.45) is 2.19. The molecule has 0 saturated carbocycles. The van der Waals surface area contributed by atoms with Crippen LogP contribution < -0.4 is 10.2 Å². The maximum atomic E-state index is 12.2. The lowest BCUT2D eigenvalue weighted by Crippen LogP contribution is -2.21. The van der Waals surface area contributed by atoms with Gasteiger partial charge in [0.25, 0.3) is 5.91 Å². The summed E-state index contributed by atoms with van der Waals surface area (Å²) in [4.78, 5) is 14.2. The van der Waals surface area contributed by atoms with E-state index in [-0.39, 0.29) is 11.6 Å². The lowest BCUT2D eigenvalue weighted by atomic mass is 10.2. The smallest absolute Gasteiger partial charge is 0.276 e. The lowest BCUT2D eigenvalue weighted by molar-refractivity contribution is 0.102. The highest BCUT2D eigenvalue weighted by Gasteiger charge is 2.10. The summed E-state index contributed by atoms with van der Waals surface area (Å²) in [6.45, 7) is 3.03. The second kappa shape index (κ2) is 7.90. The van der Waals surface area contributed by atoms with Gasteiger partial charge in [-0.25, -0.2) is 0 Å². The fourth-order valence-corrected chi connectivity index (χ4v) is 2.02. The second-order valence-corrected chi connectivity index (χ2v) is 5.20. The van der Waals surface area contributed by atoms with Crippen molar-refractivity contribution in [2.75, 3.05) is 23.8 Å². The molecule has 6 nitrogen and oxygen atoms in total. The van der Waals surface area contributed by atoms with Gasteiger partial charge in [0.2, 0.25) is 0 Å². The summed E-state index contributed by atoms with van der Waals surface area (Å²) in [5, 5.41) is 19.6. The molecule has 0 aliphatic rings. The van der Waals surface area contributed by atoms with Gasteiger partial charge in [-0.1, -0.05) is 19.4 Å². The second-order valence-electron chi connectivity index (χ2n) is 5.20. The van der Waals surface area contributed by atoms with E-state index in [9.17, 15) is 4.79 Å². The van der Waals surface area contributed by atoms with Gasteiger partial charge in [0.15, 0.2) is 11.5 Å². The van der Waals surface area contributed by atoms with E-state index in [4.69, 9.17) is 5.26 Å². The molecule has 0 aliphatic heterocycles. The molecule has 0 radical (unpaired) electrons. The lowest BCUT2D eigenvalue weighted by Gasteiger charge is -2.16. The molecule has 2 aromatic rings. The Morgan fingerprint density at radius 3 is 2.78 bits per heavy atom. The number of aromatic nitrogens is 2. The van der Waals surface area contributed by atoms with E-state index in [2.05, 4.69) is 22.4 Å². The number of nitriles is 1. The van der Waals surface area contributed by atoms with E-state index < -0.39 is 0 Å². The summed E-state index contributed by atoms with van der Waals surface area (Å²) in [5.41, 5.74) is 1.28. The number of nitrogens with one attached hydrogen (secondary N) is 1. The fourth-order valence-electron chi connectivity index (χ4n) is 2.02. The molecule has 1 aromatic carbocycles. The van der Waals surface area contributed by atoms with Crippen molar-refractivity contribution in [1.82, 2.24) is 10.2 Å². The van der Waals surface area contributed by atoms with Crippen LogP contribution in [0.3, 0.4) is 0 Å². The van der Waals surface area contributed by atoms with Crippen LogP contribution in [0.4, 0.5) is 11.5 Å². The summed E-state index contributed by atoms with van der Waals surface area (Å²) in [6, 6.07) is 12.2. The minimum Gasteiger partial charge on any atom is -0.358 e. The van der Waals surface area contributed by atoms with Crippen LogP contribution in [0, 0.1) is 11.3 Å². The van der Waals surface area contributed by atoms with Crippen molar-refractivity contribution in [2.45, 2.75) is 19.8 Å². The van der Waals surface area contributed by atoms with Gasteiger partial charge in [0.1, 0.15) is 0 Å². The van der Waals surface area contributed by atoms with E-state index in [0.29, 0.717) is 11.3 Å². The number of hydrogen-bond donors (Lipinski definition) is 1. The Kier molecular flexibility index (Phi) is 5.64. The Hall–Kier alpha value is -2.94. The van der Waals surface area contributed by atoms with E-state index in [1.165, 1.54) is 0 Å². The first-order chi connectivity index (χ1) is 11.1. The number of hydrogen-bond acceptors (Lipinski definition) is 5. The van der Waals surface area contributed by atoms with Gasteiger partial charge in [-0.2, -0.15) is 5.26 Å². The molecular weight excluding hydrogens is 290 g/mol. The van der Waals surface area contributed by atoms with Crippen molar-refractivity contribution in [3.63, 3.8) is 0 Å². The number of anilines is 2. The van der Waals surface area contributed by atoms with Gasteiger partial charge in [-0.3, -0.25) is 4.79 Å². The molecule has 2 rings (SSSR count). The molecular formula is C17H19N5O. The Bertz CT molecular complexity index is 706. The average Bonchev–Trinajstić information content (AvgIpc) is 2.60. The van der Waals surface area contributed by atoms with Crippen molar-refractivity contribution in [3.8, 4) is 6.07 Å². The van der Waals surface area contributed by atoms with Crippen LogP contribution in [-0.2, 0) is 0 Å². The Labute approximate surface area is 135 Å². The van der Waals surface area contributed by atoms with Gasteiger partial charge in [0.05, 0.1) is 11.6 Å². The molecule has 118 valence electrons. The number of rotatable bonds is 6. The van der Waals surface area contributed by atoms with Gasteiger partial charge in [0, 0.05) is 19.3 Å². The van der Waals surface area contributed by atoms with Crippen LogP contribution in [0.5, 0.6) is 0 Å². The maximum absolute atomic E-state index is 12.2. The van der Waals surface area contributed by atoms with Gasteiger partial charge in [-0.15, -0.1) is 10.2 Å². The molecule has 0 atom stereocenters. The summed E-state index contributed by atoms with van der Waals surface area (Å²) in [7, 11) is 1.95. The normalized spacial score (nSPS) is 9.96. The minimum absolute atomic E-state index is 0.236. The molecule has 1 aromatic heterocycles. The standard InChI is InChI=1S/C17H19N5O/c1-3-4-10-22(2)16-9-8-15(20-21-16)17(23)19-14-7-5-6-13(11-14)12-18/h5-9,11H,3-4,10H2,1-2H3,(H,19,23). The number of unbranched alkanes of at least 4 members (excludes halogenated alkanes) is 1. The third-order valence-electron chi connectivity index (χ3n) is 3.37. The van der Waals surface area contributed by atoms with Crippen LogP contribution >= 0.6 is 0 Å². The predicted octanol–water partition coefficient (Wildman–Crippen LogP) is 2.84. The predicted molar refractivity (Wildman–Crippen MR) is 89.3 cm³/mol. The van der Waals surface area contributed by atoms with Crippen molar-refractivity contribution >= 4 is 17.4 Å². The number of benzene rings is 1. The fraction of sp³-hybridized carbons (Fsp3) is 0.294. The first-order valence-corrected chi connectivity index (χ1v) is 7.50. The SMILES string of the molecule is CCCCN(C)c1ccc(C(=O)Nc2cccc(C#N)c2)nn1. The topological polar surface area (TPSA) is 81.9 Å². The van der Waals surface area contributed by atoms with E-state index in [1.807, 2.05) is 18.0 Å². The van der Waals surface area contributed by atoms with Gasteiger partial charge >= 0.3 is 0 Å². The van der Waals surface area contributed by atoms with Crippen molar-refractivity contribution in [2.24, 2.45) is 0 Å². The van der Waals surface area contributed by atoms with E-state index >= 15 is 0 Å². The molecule has 0 saturated heterocycles. The number of carbonyl (C=O) groups is 1. The van der Waals surface area contributed by atoms with Crippen LogP contribution in [0.15, 0.2) is 36.4 Å². The highest BCUT2D eigenvalue weighted by Crippen LogP contribution is 2.12. The number of nitrogens with zero attached hydrogens (tertiary/aromatic N) is 4. The summed E-state index contributed by atoms with van der Waals surface area (Å²) >= 11 is 0. The van der Waals surface area contributed by atoms with E-state index in [1.54, 1.807) is 36.4 Å². The molecule has 0 fully saturated rings. The third-order valence-corrected chi connectivity index (χ3v) is 3.37. The quantitative estimate of drug-likeness (QED) is 0.887. The Morgan fingerprint density at radius 1 is 1.30 bits per heavy atom. The Morgan fingerprint density at radius 2 is 2.13 bits per heavy atom. The van der Waals surface area contributed by atoms with Crippen LogP contribution in [0.2, 0.25) is 0 Å². The maximum Gasteiger partial charge on any atom is 0.276 e. The molecule has 0 aliphatic carbocycles. The van der Waals surface area contributed by atoms with Crippen molar-refractivity contribution in [3.05, 3.63) is 47.7 Å². The molecule has 0 bridgehead atoms. The molecule has 23 heavy (non-hydrogen) atoms. The first kappa shape index (κ1) is 16.4. The monoisotopic (exact) mass is 309 g/mol. The van der Waals surface area contributed by atoms with Crippen molar-refractivity contribution in [1.29, 1.82) is 5.26 Å². The zero-order valence-electron chi connectivity index (χ0n) is 13.3. The average molecular weight is 309 g/mol. The number of carbonyl (C=O) groups excluding carboxylic acids is 1. The van der Waals surface area contributed by atoms with Crippen LogP contribution in [-0.4, -0.2) is 29.7 Å². The summed E-state index contributed by atoms with van der Waals surface area (Å²) < 4.78 is 0. The third kappa shape index (κ3) is 4.51. The molecule has 6 heteroatoms. The van der Waals surface area contributed by atoms with E-state index in [0.717, 1.165) is 25.2 Å². The minimum atomic E-state index is -0.352. The molecule has 0 unspecified atom stereocenters. The Balaban J connectivity index is 2.04. The zero-order chi connectivity index (χ0) is 16.7. The van der Waals surface area contributed by atoms with Crippen LogP contribution in [0.1, 0.15) is 35.8 Å².